The molecular weight excluding hydrogens is 399 g/mol. The van der Waals surface area contributed by atoms with Crippen molar-refractivity contribution >= 4 is 29.9 Å². The number of halogens is 1. The zero-order valence-electron chi connectivity index (χ0n) is 16.1. The van der Waals surface area contributed by atoms with Gasteiger partial charge in [-0.1, -0.05) is 27.7 Å². The van der Waals surface area contributed by atoms with Crippen LogP contribution >= 0.6 is 24.0 Å². The molecule has 0 radical (unpaired) electrons. The van der Waals surface area contributed by atoms with E-state index in [0.29, 0.717) is 12.0 Å². The van der Waals surface area contributed by atoms with Crippen LogP contribution < -0.4 is 10.6 Å². The topological polar surface area (TPSA) is 39.7 Å². The molecule has 23 heavy (non-hydrogen) atoms. The molecule has 1 saturated heterocycles. The van der Waals surface area contributed by atoms with E-state index in [-0.39, 0.29) is 24.0 Å². The Kier molecular flexibility index (Phi) is 12.3. The molecule has 0 aromatic carbocycles. The minimum atomic E-state index is 0. The van der Waals surface area contributed by atoms with Crippen molar-refractivity contribution < 1.29 is 0 Å². The van der Waals surface area contributed by atoms with E-state index in [1.165, 1.54) is 38.9 Å². The molecule has 0 aromatic rings. The standard InChI is InChI=1S/C18H38N4.HI/c1-14(2)17(5)21-18(19-6)20-9-7-8-10-22-12-15(3)11-16(4)13-22;/h14-17H,7-13H2,1-6H3,(H2,19,20,21);1H. The van der Waals surface area contributed by atoms with Gasteiger partial charge in [0.05, 0.1) is 0 Å². The maximum Gasteiger partial charge on any atom is 0.191 e. The lowest BCUT2D eigenvalue weighted by Crippen LogP contribution is -2.44. The molecule has 0 amide bonds. The maximum atomic E-state index is 4.30. The summed E-state index contributed by atoms with van der Waals surface area (Å²) < 4.78 is 0. The summed E-state index contributed by atoms with van der Waals surface area (Å²) in [5, 5.41) is 6.88. The fourth-order valence-electron chi connectivity index (χ4n) is 3.22. The Balaban J connectivity index is 0.00000484. The summed E-state index contributed by atoms with van der Waals surface area (Å²) in [4.78, 5) is 6.95. The first kappa shape index (κ1) is 23.0. The molecule has 3 unspecified atom stereocenters. The number of nitrogens with one attached hydrogen (secondary N) is 2. The number of aliphatic imine (C=N–C) groups is 1. The smallest absolute Gasteiger partial charge is 0.191 e. The minimum Gasteiger partial charge on any atom is -0.356 e. The van der Waals surface area contributed by atoms with Crippen LogP contribution in [0.2, 0.25) is 0 Å². The number of nitrogens with zero attached hydrogens (tertiary/aromatic N) is 2. The van der Waals surface area contributed by atoms with Crippen LogP contribution in [0.4, 0.5) is 0 Å². The van der Waals surface area contributed by atoms with Crippen LogP contribution in [-0.2, 0) is 0 Å². The van der Waals surface area contributed by atoms with Crippen molar-refractivity contribution in [2.75, 3.05) is 33.2 Å². The Morgan fingerprint density at radius 2 is 1.74 bits per heavy atom. The van der Waals surface area contributed by atoms with Gasteiger partial charge in [0.1, 0.15) is 0 Å². The van der Waals surface area contributed by atoms with Crippen molar-refractivity contribution in [1.82, 2.24) is 15.5 Å². The third kappa shape index (κ3) is 9.75. The molecule has 2 N–H and O–H groups in total. The average molecular weight is 438 g/mol. The zero-order valence-corrected chi connectivity index (χ0v) is 18.4. The van der Waals surface area contributed by atoms with E-state index in [1.54, 1.807) is 0 Å². The number of guanidine groups is 1. The summed E-state index contributed by atoms with van der Waals surface area (Å²) >= 11 is 0. The second kappa shape index (κ2) is 12.3. The number of rotatable bonds is 7. The molecule has 0 bridgehead atoms. The van der Waals surface area contributed by atoms with Crippen molar-refractivity contribution in [3.63, 3.8) is 0 Å². The number of unbranched alkanes of at least 4 members (excludes halogenated alkanes) is 1. The monoisotopic (exact) mass is 438 g/mol. The van der Waals surface area contributed by atoms with Gasteiger partial charge in [0.15, 0.2) is 5.96 Å². The van der Waals surface area contributed by atoms with E-state index in [2.05, 4.69) is 55.1 Å². The molecule has 1 heterocycles. The Morgan fingerprint density at radius 3 is 2.26 bits per heavy atom. The quantitative estimate of drug-likeness (QED) is 0.276. The van der Waals surface area contributed by atoms with Gasteiger partial charge < -0.3 is 15.5 Å². The van der Waals surface area contributed by atoms with E-state index in [0.717, 1.165) is 24.3 Å². The van der Waals surface area contributed by atoms with Crippen LogP contribution in [0.3, 0.4) is 0 Å². The summed E-state index contributed by atoms with van der Waals surface area (Å²) in [6.45, 7) is 16.2. The van der Waals surface area contributed by atoms with Crippen LogP contribution in [-0.4, -0.2) is 50.1 Å². The predicted octanol–water partition coefficient (Wildman–Crippen LogP) is 3.57. The van der Waals surface area contributed by atoms with Crippen molar-refractivity contribution in [3.8, 4) is 0 Å². The Hall–Kier alpha value is -0.0400. The summed E-state index contributed by atoms with van der Waals surface area (Å²) in [5.74, 6) is 3.27. The van der Waals surface area contributed by atoms with Crippen LogP contribution in [0.15, 0.2) is 4.99 Å². The van der Waals surface area contributed by atoms with Gasteiger partial charge >= 0.3 is 0 Å². The van der Waals surface area contributed by atoms with Crippen LogP contribution in [0.1, 0.15) is 53.9 Å². The third-order valence-corrected chi connectivity index (χ3v) is 4.73. The van der Waals surface area contributed by atoms with E-state index >= 15 is 0 Å². The highest BCUT2D eigenvalue weighted by molar-refractivity contribution is 14.0. The van der Waals surface area contributed by atoms with Crippen LogP contribution in [0, 0.1) is 17.8 Å². The van der Waals surface area contributed by atoms with Gasteiger partial charge in [-0.3, -0.25) is 4.99 Å². The third-order valence-electron chi connectivity index (χ3n) is 4.73. The lowest BCUT2D eigenvalue weighted by atomic mass is 9.92. The normalized spacial score (nSPS) is 24.2. The molecule has 1 aliphatic rings. The highest BCUT2D eigenvalue weighted by atomic mass is 127. The molecule has 0 aliphatic carbocycles. The summed E-state index contributed by atoms with van der Waals surface area (Å²) in [5.41, 5.74) is 0. The lowest BCUT2D eigenvalue weighted by Gasteiger charge is -2.35. The van der Waals surface area contributed by atoms with Crippen molar-refractivity contribution in [1.29, 1.82) is 0 Å². The fourth-order valence-corrected chi connectivity index (χ4v) is 3.22. The number of likely N-dealkylation sites (tertiary alicyclic amines) is 1. The molecule has 4 nitrogen and oxygen atoms in total. The Morgan fingerprint density at radius 1 is 1.13 bits per heavy atom. The Bertz CT molecular complexity index is 323. The predicted molar refractivity (Wildman–Crippen MR) is 113 cm³/mol. The van der Waals surface area contributed by atoms with E-state index in [1.807, 2.05) is 7.05 Å². The van der Waals surface area contributed by atoms with E-state index < -0.39 is 0 Å². The van der Waals surface area contributed by atoms with Crippen molar-refractivity contribution in [3.05, 3.63) is 0 Å². The van der Waals surface area contributed by atoms with Crippen molar-refractivity contribution in [2.24, 2.45) is 22.7 Å². The highest BCUT2D eigenvalue weighted by Crippen LogP contribution is 2.20. The van der Waals surface area contributed by atoms with Gasteiger partial charge in [-0.15, -0.1) is 24.0 Å². The van der Waals surface area contributed by atoms with Gasteiger partial charge in [-0.2, -0.15) is 0 Å². The molecule has 138 valence electrons. The summed E-state index contributed by atoms with van der Waals surface area (Å²) in [6.07, 6.45) is 3.87. The van der Waals surface area contributed by atoms with Gasteiger partial charge in [-0.05, 0) is 50.5 Å². The first-order chi connectivity index (χ1) is 10.4. The second-order valence-corrected chi connectivity index (χ2v) is 7.59. The summed E-state index contributed by atoms with van der Waals surface area (Å²) in [7, 11) is 1.85. The molecule has 1 rings (SSSR count). The summed E-state index contributed by atoms with van der Waals surface area (Å²) in [6, 6.07) is 0.447. The highest BCUT2D eigenvalue weighted by Gasteiger charge is 2.20. The molecule has 3 atom stereocenters. The van der Waals surface area contributed by atoms with E-state index in [9.17, 15) is 0 Å². The zero-order chi connectivity index (χ0) is 16.5. The molecule has 1 aliphatic heterocycles. The van der Waals surface area contributed by atoms with Crippen molar-refractivity contribution in [2.45, 2.75) is 59.9 Å². The SMILES string of the molecule is CN=C(NCCCCN1CC(C)CC(C)C1)NC(C)C(C)C.I. The second-order valence-electron chi connectivity index (χ2n) is 7.59. The van der Waals surface area contributed by atoms with Gasteiger partial charge in [0.2, 0.25) is 0 Å². The molecule has 1 fully saturated rings. The molecule has 0 saturated carbocycles. The van der Waals surface area contributed by atoms with Crippen LogP contribution in [0.25, 0.3) is 0 Å². The first-order valence-electron chi connectivity index (χ1n) is 9.11. The number of hydrogen-bond acceptors (Lipinski definition) is 2. The molecule has 0 spiro atoms. The van der Waals surface area contributed by atoms with Gasteiger partial charge in [0.25, 0.3) is 0 Å². The van der Waals surface area contributed by atoms with Gasteiger partial charge in [-0.25, -0.2) is 0 Å². The van der Waals surface area contributed by atoms with Crippen LogP contribution in [0.5, 0.6) is 0 Å². The maximum absolute atomic E-state index is 4.30. The lowest BCUT2D eigenvalue weighted by molar-refractivity contribution is 0.139. The largest absolute Gasteiger partial charge is 0.356 e. The fraction of sp³-hybridized carbons (Fsp3) is 0.944. The minimum absolute atomic E-state index is 0. The molecule has 5 heteroatoms. The van der Waals surface area contributed by atoms with E-state index in [4.69, 9.17) is 0 Å². The molecular formula is C18H39IN4. The number of hydrogen-bond donors (Lipinski definition) is 2. The average Bonchev–Trinajstić information content (AvgIpc) is 2.44. The first-order valence-corrected chi connectivity index (χ1v) is 9.11. The Labute approximate surface area is 161 Å². The number of piperidine rings is 1. The molecule has 0 aromatic heterocycles. The van der Waals surface area contributed by atoms with Gasteiger partial charge in [0, 0.05) is 32.7 Å².